The van der Waals surface area contributed by atoms with Gasteiger partial charge in [-0.2, -0.15) is 0 Å². The number of aromatic hydroxyl groups is 2. The Labute approximate surface area is 126 Å². The minimum atomic E-state index is 0.115. The van der Waals surface area contributed by atoms with Crippen molar-refractivity contribution < 1.29 is 10.2 Å². The molecule has 3 atom stereocenters. The molecule has 21 heavy (non-hydrogen) atoms. The molecule has 0 spiro atoms. The van der Waals surface area contributed by atoms with Gasteiger partial charge in [0.15, 0.2) is 0 Å². The highest BCUT2D eigenvalue weighted by Crippen LogP contribution is 2.37. The van der Waals surface area contributed by atoms with E-state index in [9.17, 15) is 10.2 Å². The van der Waals surface area contributed by atoms with E-state index >= 15 is 0 Å². The Morgan fingerprint density at radius 1 is 1.24 bits per heavy atom. The monoisotopic (exact) mass is 290 g/mol. The van der Waals surface area contributed by atoms with Gasteiger partial charge in [0.25, 0.3) is 0 Å². The molecule has 3 rings (SSSR count). The van der Waals surface area contributed by atoms with Crippen LogP contribution in [0.5, 0.6) is 11.5 Å². The smallest absolute Gasteiger partial charge is 0.120 e. The zero-order chi connectivity index (χ0) is 15.0. The van der Waals surface area contributed by atoms with Crippen molar-refractivity contribution in [3.05, 3.63) is 23.8 Å². The number of benzene rings is 1. The van der Waals surface area contributed by atoms with E-state index in [0.717, 1.165) is 12.1 Å². The average molecular weight is 290 g/mol. The molecule has 0 radical (unpaired) electrons. The summed E-state index contributed by atoms with van der Waals surface area (Å²) in [5.74, 6) is 0.492. The van der Waals surface area contributed by atoms with Gasteiger partial charge in [0.2, 0.25) is 0 Å². The van der Waals surface area contributed by atoms with E-state index in [1.54, 1.807) is 12.1 Å². The molecule has 2 heterocycles. The third kappa shape index (κ3) is 2.87. The molecule has 2 bridgehead atoms. The Balaban J connectivity index is 1.80. The Bertz CT molecular complexity index is 494. The molecule has 3 unspecified atom stereocenters. The molecule has 1 aromatic rings. The fourth-order valence-electron chi connectivity index (χ4n) is 4.20. The number of fused-ring (bicyclic) bond motifs is 2. The van der Waals surface area contributed by atoms with Gasteiger partial charge in [-0.15, -0.1) is 0 Å². The van der Waals surface area contributed by atoms with Gasteiger partial charge in [-0.05, 0) is 57.4 Å². The highest BCUT2D eigenvalue weighted by molar-refractivity contribution is 5.40. The second-order valence-electron chi connectivity index (χ2n) is 6.51. The van der Waals surface area contributed by atoms with E-state index in [1.807, 2.05) is 0 Å². The minimum absolute atomic E-state index is 0.115. The first-order valence-electron chi connectivity index (χ1n) is 8.12. The molecule has 2 aliphatic rings. The Morgan fingerprint density at radius 2 is 1.90 bits per heavy atom. The highest BCUT2D eigenvalue weighted by atomic mass is 16.3. The molecule has 0 saturated carbocycles. The van der Waals surface area contributed by atoms with Crippen LogP contribution in [0.25, 0.3) is 0 Å². The number of phenolic OH excluding ortho intramolecular Hbond substituents is 2. The van der Waals surface area contributed by atoms with Crippen LogP contribution >= 0.6 is 0 Å². The van der Waals surface area contributed by atoms with Crippen LogP contribution in [0, 0.1) is 0 Å². The summed E-state index contributed by atoms with van der Waals surface area (Å²) in [6.45, 7) is 5.27. The summed E-state index contributed by atoms with van der Waals surface area (Å²) in [4.78, 5) is 2.47. The lowest BCUT2D eigenvalue weighted by Crippen LogP contribution is -2.48. The average Bonchev–Trinajstić information content (AvgIpc) is 2.81. The maximum atomic E-state index is 10.1. The van der Waals surface area contributed by atoms with Crippen LogP contribution in [0.1, 0.15) is 51.1 Å². The number of hydrogen-bond acceptors (Lipinski definition) is 4. The van der Waals surface area contributed by atoms with E-state index in [4.69, 9.17) is 0 Å². The molecule has 0 aromatic heterocycles. The van der Waals surface area contributed by atoms with Crippen LogP contribution in [0.15, 0.2) is 18.2 Å². The van der Waals surface area contributed by atoms with Gasteiger partial charge < -0.3 is 15.5 Å². The van der Waals surface area contributed by atoms with Gasteiger partial charge in [0.1, 0.15) is 11.5 Å². The summed E-state index contributed by atoms with van der Waals surface area (Å²) >= 11 is 0. The molecule has 116 valence electrons. The third-order valence-electron chi connectivity index (χ3n) is 5.24. The number of phenols is 2. The van der Waals surface area contributed by atoms with Crippen molar-refractivity contribution in [3.63, 3.8) is 0 Å². The number of nitrogens with zero attached hydrogens (tertiary/aromatic N) is 1. The van der Waals surface area contributed by atoms with Gasteiger partial charge in [-0.1, -0.05) is 6.92 Å². The molecule has 0 aliphatic carbocycles. The molecular formula is C17H26N2O2. The summed E-state index contributed by atoms with van der Waals surface area (Å²) in [6, 6.07) is 6.81. The van der Waals surface area contributed by atoms with Crippen LogP contribution < -0.4 is 5.32 Å². The van der Waals surface area contributed by atoms with Crippen LogP contribution in [0.2, 0.25) is 0 Å². The molecule has 2 aliphatic heterocycles. The fourth-order valence-corrected chi connectivity index (χ4v) is 4.20. The van der Waals surface area contributed by atoms with Gasteiger partial charge in [0.05, 0.1) is 0 Å². The topological polar surface area (TPSA) is 55.7 Å². The molecular weight excluding hydrogens is 264 g/mol. The third-order valence-corrected chi connectivity index (χ3v) is 5.24. The summed E-state index contributed by atoms with van der Waals surface area (Å²) < 4.78 is 0. The van der Waals surface area contributed by atoms with Crippen molar-refractivity contribution in [3.8, 4) is 11.5 Å². The van der Waals surface area contributed by atoms with Crippen molar-refractivity contribution in [1.82, 2.24) is 10.2 Å². The zero-order valence-electron chi connectivity index (χ0n) is 12.9. The summed E-state index contributed by atoms with van der Waals surface area (Å²) in [7, 11) is 0. The molecule has 4 nitrogen and oxygen atoms in total. The number of nitrogens with one attached hydrogen (secondary N) is 1. The van der Waals surface area contributed by atoms with Crippen molar-refractivity contribution in [1.29, 1.82) is 0 Å². The zero-order valence-corrected chi connectivity index (χ0v) is 12.9. The maximum absolute atomic E-state index is 10.1. The van der Waals surface area contributed by atoms with Crippen molar-refractivity contribution in [2.24, 2.45) is 0 Å². The normalized spacial score (nSPS) is 29.8. The SMILES string of the molecule is CCN(C1CC2CCC(C1)N2)C(C)c1cc(O)ccc1O. The van der Waals surface area contributed by atoms with Crippen LogP contribution in [-0.2, 0) is 0 Å². The first-order valence-corrected chi connectivity index (χ1v) is 8.12. The lowest BCUT2D eigenvalue weighted by atomic mass is 9.95. The first-order chi connectivity index (χ1) is 10.1. The summed E-state index contributed by atoms with van der Waals surface area (Å²) in [5.41, 5.74) is 0.822. The summed E-state index contributed by atoms with van der Waals surface area (Å²) in [5, 5.41) is 23.5. The second-order valence-corrected chi connectivity index (χ2v) is 6.51. The molecule has 2 saturated heterocycles. The van der Waals surface area contributed by atoms with Crippen molar-refractivity contribution >= 4 is 0 Å². The molecule has 0 amide bonds. The highest BCUT2D eigenvalue weighted by Gasteiger charge is 2.37. The lowest BCUT2D eigenvalue weighted by molar-refractivity contribution is 0.106. The van der Waals surface area contributed by atoms with Gasteiger partial charge >= 0.3 is 0 Å². The van der Waals surface area contributed by atoms with Crippen LogP contribution in [0.3, 0.4) is 0 Å². The molecule has 3 N–H and O–H groups in total. The van der Waals surface area contributed by atoms with Gasteiger partial charge in [-0.25, -0.2) is 0 Å². The number of piperidine rings is 1. The lowest BCUT2D eigenvalue weighted by Gasteiger charge is -2.40. The fraction of sp³-hybridized carbons (Fsp3) is 0.647. The van der Waals surface area contributed by atoms with Crippen LogP contribution in [0.4, 0.5) is 0 Å². The Kier molecular flexibility index (Phi) is 4.09. The largest absolute Gasteiger partial charge is 0.508 e. The first kappa shape index (κ1) is 14.7. The molecule has 1 aromatic carbocycles. The molecule has 2 fully saturated rings. The van der Waals surface area contributed by atoms with Crippen molar-refractivity contribution in [2.45, 2.75) is 63.7 Å². The van der Waals surface area contributed by atoms with E-state index < -0.39 is 0 Å². The predicted molar refractivity (Wildman–Crippen MR) is 83.5 cm³/mol. The van der Waals surface area contributed by atoms with Crippen molar-refractivity contribution in [2.75, 3.05) is 6.54 Å². The number of hydrogen-bond donors (Lipinski definition) is 3. The second kappa shape index (κ2) is 5.85. The van der Waals surface area contributed by atoms with E-state index in [1.165, 1.54) is 31.7 Å². The summed E-state index contributed by atoms with van der Waals surface area (Å²) in [6.07, 6.45) is 4.97. The van der Waals surface area contributed by atoms with Crippen LogP contribution in [-0.4, -0.2) is 39.8 Å². The van der Waals surface area contributed by atoms with Gasteiger partial charge in [-0.3, -0.25) is 4.90 Å². The van der Waals surface area contributed by atoms with E-state index in [-0.39, 0.29) is 17.5 Å². The number of rotatable bonds is 4. The van der Waals surface area contributed by atoms with E-state index in [0.29, 0.717) is 18.1 Å². The Hall–Kier alpha value is -1.26. The van der Waals surface area contributed by atoms with Gasteiger partial charge in [0, 0.05) is 29.7 Å². The maximum Gasteiger partial charge on any atom is 0.120 e. The molecule has 4 heteroatoms. The quantitative estimate of drug-likeness (QED) is 0.746. The van der Waals surface area contributed by atoms with E-state index in [2.05, 4.69) is 24.1 Å². The predicted octanol–water partition coefficient (Wildman–Crippen LogP) is 2.76. The Morgan fingerprint density at radius 3 is 2.52 bits per heavy atom. The minimum Gasteiger partial charge on any atom is -0.508 e. The standard InChI is InChI=1S/C17H26N2O2/c1-3-19(14-8-12-4-5-13(9-14)18-12)11(2)16-10-15(20)6-7-17(16)21/h6-7,10-14,18,20-21H,3-5,8-9H2,1-2H3.